The quantitative estimate of drug-likeness (QED) is 0.725. The van der Waals surface area contributed by atoms with E-state index in [1.165, 1.54) is 0 Å². The van der Waals surface area contributed by atoms with Crippen molar-refractivity contribution >= 4 is 23.5 Å². The predicted molar refractivity (Wildman–Crippen MR) is 99.8 cm³/mol. The van der Waals surface area contributed by atoms with Crippen LogP contribution in [0.25, 0.3) is 11.4 Å². The lowest BCUT2D eigenvalue weighted by Gasteiger charge is -2.18. The zero-order valence-electron chi connectivity index (χ0n) is 14.5. The van der Waals surface area contributed by atoms with Crippen LogP contribution < -0.4 is 16.0 Å². The Morgan fingerprint density at radius 3 is 2.38 bits per heavy atom. The van der Waals surface area contributed by atoms with Gasteiger partial charge >= 0.3 is 0 Å². The molecule has 26 heavy (non-hydrogen) atoms. The van der Waals surface area contributed by atoms with Crippen molar-refractivity contribution in [1.29, 1.82) is 0 Å². The van der Waals surface area contributed by atoms with Crippen LogP contribution in [-0.4, -0.2) is 38.9 Å². The van der Waals surface area contributed by atoms with Crippen molar-refractivity contribution in [3.8, 4) is 11.4 Å². The van der Waals surface area contributed by atoms with E-state index in [2.05, 4.69) is 25.3 Å². The topological polar surface area (TPSA) is 110 Å². The van der Waals surface area contributed by atoms with E-state index in [0.717, 1.165) is 5.56 Å². The van der Waals surface area contributed by atoms with Crippen LogP contribution >= 0.6 is 0 Å². The van der Waals surface area contributed by atoms with Crippen LogP contribution in [0.4, 0.5) is 17.6 Å². The molecular weight excluding hydrogens is 330 g/mol. The first kappa shape index (κ1) is 17.4. The molecular formula is C18H19N7O. The highest BCUT2D eigenvalue weighted by Gasteiger charge is 2.13. The van der Waals surface area contributed by atoms with E-state index in [1.807, 2.05) is 37.4 Å². The number of carbonyl (C=O) groups is 1. The molecule has 1 aromatic carbocycles. The lowest BCUT2D eigenvalue weighted by atomic mass is 10.2. The number of anilines is 3. The van der Waals surface area contributed by atoms with Crippen molar-refractivity contribution in [3.63, 3.8) is 0 Å². The molecule has 0 spiro atoms. The van der Waals surface area contributed by atoms with Gasteiger partial charge in [-0.25, -0.2) is 15.0 Å². The number of nitrogens with one attached hydrogen (secondary N) is 1. The normalized spacial score (nSPS) is 11.7. The fourth-order valence-electron chi connectivity index (χ4n) is 2.20. The number of benzene rings is 1. The zero-order chi connectivity index (χ0) is 18.5. The molecule has 0 aliphatic carbocycles. The highest BCUT2D eigenvalue weighted by atomic mass is 16.2. The van der Waals surface area contributed by atoms with Gasteiger partial charge in [-0.1, -0.05) is 30.3 Å². The van der Waals surface area contributed by atoms with Crippen molar-refractivity contribution in [1.82, 2.24) is 19.9 Å². The molecule has 0 saturated carbocycles. The van der Waals surface area contributed by atoms with Crippen LogP contribution in [-0.2, 0) is 4.79 Å². The minimum absolute atomic E-state index is 0.189. The average Bonchev–Trinajstić information content (AvgIpc) is 2.68. The van der Waals surface area contributed by atoms with Gasteiger partial charge in [0.25, 0.3) is 0 Å². The van der Waals surface area contributed by atoms with Gasteiger partial charge in [0.05, 0.1) is 6.04 Å². The van der Waals surface area contributed by atoms with Crippen LogP contribution in [0, 0.1) is 0 Å². The molecule has 8 nitrogen and oxygen atoms in total. The number of aromatic nitrogens is 4. The molecule has 0 bridgehead atoms. The van der Waals surface area contributed by atoms with Crippen LogP contribution in [0.1, 0.15) is 6.92 Å². The van der Waals surface area contributed by atoms with Crippen molar-refractivity contribution in [2.24, 2.45) is 5.73 Å². The Morgan fingerprint density at radius 2 is 1.69 bits per heavy atom. The van der Waals surface area contributed by atoms with E-state index in [9.17, 15) is 4.79 Å². The van der Waals surface area contributed by atoms with Crippen molar-refractivity contribution in [2.75, 3.05) is 17.3 Å². The van der Waals surface area contributed by atoms with Gasteiger partial charge < -0.3 is 10.6 Å². The van der Waals surface area contributed by atoms with Gasteiger partial charge in [-0.3, -0.25) is 10.1 Å². The summed E-state index contributed by atoms with van der Waals surface area (Å²) in [5.41, 5.74) is 6.48. The molecule has 0 radical (unpaired) electrons. The third-order valence-corrected chi connectivity index (χ3v) is 3.65. The minimum Gasteiger partial charge on any atom is -0.320 e. The smallest absolute Gasteiger partial charge is 0.243 e. The fraction of sp³-hybridized carbons (Fsp3) is 0.167. The second kappa shape index (κ2) is 7.66. The summed E-state index contributed by atoms with van der Waals surface area (Å²) in [6.07, 6.45) is 3.26. The predicted octanol–water partition coefficient (Wildman–Crippen LogP) is 1.99. The lowest BCUT2D eigenvalue weighted by Crippen LogP contribution is -2.33. The van der Waals surface area contributed by atoms with E-state index in [1.54, 1.807) is 36.4 Å². The Labute approximate surface area is 151 Å². The van der Waals surface area contributed by atoms with E-state index in [4.69, 9.17) is 5.73 Å². The molecule has 3 rings (SSSR count). The Hall–Kier alpha value is -3.39. The Morgan fingerprint density at radius 1 is 1.04 bits per heavy atom. The van der Waals surface area contributed by atoms with Crippen molar-refractivity contribution in [3.05, 3.63) is 54.9 Å². The molecule has 1 atom stereocenters. The van der Waals surface area contributed by atoms with Crippen LogP contribution in [0.3, 0.4) is 0 Å². The second-order valence-electron chi connectivity index (χ2n) is 5.68. The van der Waals surface area contributed by atoms with Crippen LogP contribution in [0.2, 0.25) is 0 Å². The molecule has 0 unspecified atom stereocenters. The summed E-state index contributed by atoms with van der Waals surface area (Å²) >= 11 is 0. The SMILES string of the molecule is C[C@H](N)C(=O)Nc1nccc(N(C)c2ccnc(-c3ccccc3)n2)n1. The van der Waals surface area contributed by atoms with E-state index in [-0.39, 0.29) is 11.9 Å². The Balaban J connectivity index is 1.86. The van der Waals surface area contributed by atoms with Gasteiger partial charge in [-0.05, 0) is 19.1 Å². The molecule has 3 aromatic rings. The van der Waals surface area contributed by atoms with Crippen molar-refractivity contribution in [2.45, 2.75) is 13.0 Å². The first-order valence-corrected chi connectivity index (χ1v) is 8.06. The molecule has 3 N–H and O–H groups in total. The summed E-state index contributed by atoms with van der Waals surface area (Å²) in [5.74, 6) is 1.71. The van der Waals surface area contributed by atoms with E-state index < -0.39 is 6.04 Å². The highest BCUT2D eigenvalue weighted by Crippen LogP contribution is 2.22. The van der Waals surface area contributed by atoms with Crippen LogP contribution in [0.15, 0.2) is 54.9 Å². The molecule has 0 aliphatic heterocycles. The second-order valence-corrected chi connectivity index (χ2v) is 5.68. The van der Waals surface area contributed by atoms with Gasteiger partial charge in [0.1, 0.15) is 11.6 Å². The van der Waals surface area contributed by atoms with Gasteiger partial charge in [0.15, 0.2) is 5.82 Å². The van der Waals surface area contributed by atoms with Gasteiger partial charge in [-0.15, -0.1) is 0 Å². The zero-order valence-corrected chi connectivity index (χ0v) is 14.5. The number of carbonyl (C=O) groups excluding carboxylic acids is 1. The van der Waals surface area contributed by atoms with Gasteiger partial charge in [0, 0.05) is 25.0 Å². The van der Waals surface area contributed by atoms with Crippen LogP contribution in [0.5, 0.6) is 0 Å². The standard InChI is InChI=1S/C18H19N7O/c1-12(19)17(26)24-18-21-11-9-15(23-18)25(2)14-8-10-20-16(22-14)13-6-4-3-5-7-13/h3-12H,19H2,1-2H3,(H,21,23,24,26)/t12-/m0/s1. The van der Waals surface area contributed by atoms with E-state index in [0.29, 0.717) is 17.5 Å². The van der Waals surface area contributed by atoms with Crippen molar-refractivity contribution < 1.29 is 4.79 Å². The average molecular weight is 349 g/mol. The molecule has 2 aromatic heterocycles. The third kappa shape index (κ3) is 3.98. The molecule has 132 valence electrons. The first-order chi connectivity index (χ1) is 12.5. The molecule has 2 heterocycles. The first-order valence-electron chi connectivity index (χ1n) is 8.06. The number of hydrogen-bond donors (Lipinski definition) is 2. The summed E-state index contributed by atoms with van der Waals surface area (Å²) in [6, 6.07) is 12.6. The molecule has 8 heteroatoms. The van der Waals surface area contributed by atoms with Gasteiger partial charge in [-0.2, -0.15) is 4.98 Å². The molecule has 0 aliphatic rings. The highest BCUT2D eigenvalue weighted by molar-refractivity contribution is 5.92. The summed E-state index contributed by atoms with van der Waals surface area (Å²) in [4.78, 5) is 30.8. The maximum atomic E-state index is 11.7. The maximum Gasteiger partial charge on any atom is 0.243 e. The summed E-state index contributed by atoms with van der Waals surface area (Å²) in [7, 11) is 1.83. The van der Waals surface area contributed by atoms with E-state index >= 15 is 0 Å². The monoisotopic (exact) mass is 349 g/mol. The summed E-state index contributed by atoms with van der Waals surface area (Å²) in [6.45, 7) is 1.59. The molecule has 1 amide bonds. The summed E-state index contributed by atoms with van der Waals surface area (Å²) < 4.78 is 0. The molecule has 0 fully saturated rings. The number of rotatable bonds is 5. The number of hydrogen-bond acceptors (Lipinski definition) is 7. The Bertz CT molecular complexity index is 899. The number of amides is 1. The minimum atomic E-state index is -0.643. The lowest BCUT2D eigenvalue weighted by molar-refractivity contribution is -0.117. The van der Waals surface area contributed by atoms with Gasteiger partial charge in [0.2, 0.25) is 11.9 Å². The number of nitrogens with zero attached hydrogens (tertiary/aromatic N) is 5. The Kier molecular flexibility index (Phi) is 5.14. The fourth-order valence-corrected chi connectivity index (χ4v) is 2.20. The third-order valence-electron chi connectivity index (χ3n) is 3.65. The largest absolute Gasteiger partial charge is 0.320 e. The molecule has 0 saturated heterocycles. The number of nitrogens with two attached hydrogens (primary N) is 1. The maximum absolute atomic E-state index is 11.7. The summed E-state index contributed by atoms with van der Waals surface area (Å²) in [5, 5.41) is 2.58.